The minimum atomic E-state index is -1.32. The molecule has 29 heavy (non-hydrogen) atoms. The highest BCUT2D eigenvalue weighted by molar-refractivity contribution is 6.12. The van der Waals surface area contributed by atoms with Crippen molar-refractivity contribution >= 4 is 23.1 Å². The molecule has 0 saturated carbocycles. The summed E-state index contributed by atoms with van der Waals surface area (Å²) in [6.07, 6.45) is 1.53. The van der Waals surface area contributed by atoms with Crippen LogP contribution < -0.4 is 15.5 Å². The Morgan fingerprint density at radius 2 is 1.28 bits per heavy atom. The van der Waals surface area contributed by atoms with E-state index in [2.05, 4.69) is 9.97 Å². The Hall–Kier alpha value is -3.90. The Morgan fingerprint density at radius 1 is 0.759 bits per heavy atom. The molecule has 6 heteroatoms. The average Bonchev–Trinajstić information content (AvgIpc) is 3.26. The standard InChI is InChI=1S/C23H19N5O/c24-23(17-10-4-1-5-11-17)27(18-12-6-2-7-13-18)21-20(25-16-26-21)22(29)28(23)19-14-8-3-9-15-19/h1-16H,24H2,(H,25,26). The van der Waals surface area contributed by atoms with Gasteiger partial charge in [0.05, 0.1) is 6.33 Å². The smallest absolute Gasteiger partial charge is 0.281 e. The molecule has 1 amide bonds. The molecule has 0 bridgehead atoms. The molecular weight excluding hydrogens is 362 g/mol. The van der Waals surface area contributed by atoms with E-state index in [0.717, 1.165) is 11.3 Å². The minimum absolute atomic E-state index is 0.234. The number of carbonyl (C=O) groups is 1. The summed E-state index contributed by atoms with van der Waals surface area (Å²) in [6.45, 7) is 0. The van der Waals surface area contributed by atoms with Crippen molar-refractivity contribution < 1.29 is 4.79 Å². The second-order valence-corrected chi connectivity index (χ2v) is 6.84. The predicted molar refractivity (Wildman–Crippen MR) is 113 cm³/mol. The molecule has 1 unspecified atom stereocenters. The number of nitrogens with one attached hydrogen (secondary N) is 1. The Morgan fingerprint density at radius 3 is 1.86 bits per heavy atom. The Labute approximate surface area is 168 Å². The Balaban J connectivity index is 1.85. The molecule has 1 aliphatic rings. The van der Waals surface area contributed by atoms with E-state index in [4.69, 9.17) is 5.73 Å². The van der Waals surface area contributed by atoms with Crippen molar-refractivity contribution in [2.45, 2.75) is 5.79 Å². The normalized spacial score (nSPS) is 18.6. The summed E-state index contributed by atoms with van der Waals surface area (Å²) in [6, 6.07) is 28.8. The molecule has 3 N–H and O–H groups in total. The number of fused-ring (bicyclic) bond motifs is 1. The summed E-state index contributed by atoms with van der Waals surface area (Å²) in [5, 5.41) is 0. The van der Waals surface area contributed by atoms with Crippen molar-refractivity contribution in [3.63, 3.8) is 0 Å². The van der Waals surface area contributed by atoms with Gasteiger partial charge in [-0.2, -0.15) is 0 Å². The third kappa shape index (κ3) is 2.54. The van der Waals surface area contributed by atoms with Gasteiger partial charge in [-0.25, -0.2) is 4.98 Å². The lowest BCUT2D eigenvalue weighted by Crippen LogP contribution is -2.68. The quantitative estimate of drug-likeness (QED) is 0.563. The molecule has 0 saturated heterocycles. The van der Waals surface area contributed by atoms with Crippen LogP contribution in [0.2, 0.25) is 0 Å². The number of hydrogen-bond donors (Lipinski definition) is 2. The molecule has 1 aromatic heterocycles. The van der Waals surface area contributed by atoms with E-state index >= 15 is 0 Å². The van der Waals surface area contributed by atoms with Gasteiger partial charge in [0.2, 0.25) is 5.79 Å². The maximum absolute atomic E-state index is 13.6. The van der Waals surface area contributed by atoms with Gasteiger partial charge >= 0.3 is 0 Å². The highest BCUT2D eigenvalue weighted by atomic mass is 16.2. The van der Waals surface area contributed by atoms with Gasteiger partial charge in [0, 0.05) is 16.9 Å². The number of H-pyrrole nitrogens is 1. The van der Waals surface area contributed by atoms with Crippen molar-refractivity contribution in [1.29, 1.82) is 0 Å². The van der Waals surface area contributed by atoms with Crippen LogP contribution in [0.1, 0.15) is 16.1 Å². The second-order valence-electron chi connectivity index (χ2n) is 6.84. The van der Waals surface area contributed by atoms with Crippen LogP contribution in [0.25, 0.3) is 0 Å². The van der Waals surface area contributed by atoms with E-state index in [0.29, 0.717) is 17.2 Å². The number of amides is 1. The number of aromatic nitrogens is 2. The number of nitrogens with two attached hydrogens (primary N) is 1. The molecular formula is C23H19N5O. The molecule has 4 aromatic rings. The zero-order chi connectivity index (χ0) is 19.8. The lowest BCUT2D eigenvalue weighted by Gasteiger charge is -2.51. The van der Waals surface area contributed by atoms with E-state index in [1.54, 1.807) is 4.90 Å². The van der Waals surface area contributed by atoms with E-state index in [1.165, 1.54) is 6.33 Å². The molecule has 0 aliphatic carbocycles. The minimum Gasteiger partial charge on any atom is -0.339 e. The number of nitrogens with zero attached hydrogens (tertiary/aromatic N) is 3. The van der Waals surface area contributed by atoms with Crippen LogP contribution in [0.15, 0.2) is 97.3 Å². The molecule has 5 rings (SSSR count). The molecule has 0 fully saturated rings. The second kappa shape index (κ2) is 6.61. The summed E-state index contributed by atoms with van der Waals surface area (Å²) < 4.78 is 0. The molecule has 0 radical (unpaired) electrons. The van der Waals surface area contributed by atoms with Crippen molar-refractivity contribution in [2.75, 3.05) is 9.80 Å². The first-order valence-electron chi connectivity index (χ1n) is 9.34. The topological polar surface area (TPSA) is 78.2 Å². The highest BCUT2D eigenvalue weighted by Crippen LogP contribution is 2.45. The third-order valence-electron chi connectivity index (χ3n) is 5.16. The SMILES string of the molecule is NC1(c2ccccc2)N(c2ccccc2)C(=O)c2[nH]cnc2N1c1ccccc1. The molecule has 1 atom stereocenters. The predicted octanol–water partition coefficient (Wildman–Crippen LogP) is 3.98. The van der Waals surface area contributed by atoms with Crippen LogP contribution in [0.4, 0.5) is 17.2 Å². The highest BCUT2D eigenvalue weighted by Gasteiger charge is 2.51. The van der Waals surface area contributed by atoms with E-state index in [-0.39, 0.29) is 5.91 Å². The van der Waals surface area contributed by atoms with E-state index < -0.39 is 5.79 Å². The van der Waals surface area contributed by atoms with Crippen LogP contribution in [0.3, 0.4) is 0 Å². The number of imidazole rings is 1. The lowest BCUT2D eigenvalue weighted by molar-refractivity contribution is 0.0940. The molecule has 1 aliphatic heterocycles. The van der Waals surface area contributed by atoms with E-state index in [1.807, 2.05) is 95.9 Å². The summed E-state index contributed by atoms with van der Waals surface area (Å²) in [5.74, 6) is -1.05. The maximum Gasteiger partial charge on any atom is 0.281 e. The molecule has 3 aromatic carbocycles. The Bertz CT molecular complexity index is 1140. The molecule has 0 spiro atoms. The summed E-state index contributed by atoms with van der Waals surface area (Å²) >= 11 is 0. The number of para-hydroxylation sites is 2. The fraction of sp³-hybridized carbons (Fsp3) is 0.0435. The number of anilines is 3. The first-order chi connectivity index (χ1) is 14.2. The van der Waals surface area contributed by atoms with Gasteiger partial charge in [0.1, 0.15) is 5.69 Å². The molecule has 142 valence electrons. The monoisotopic (exact) mass is 381 g/mol. The first kappa shape index (κ1) is 17.2. The van der Waals surface area contributed by atoms with Gasteiger partial charge in [-0.05, 0) is 24.3 Å². The molecule has 6 nitrogen and oxygen atoms in total. The van der Waals surface area contributed by atoms with Crippen LogP contribution in [0, 0.1) is 0 Å². The van der Waals surface area contributed by atoms with Gasteiger partial charge in [0.15, 0.2) is 5.82 Å². The van der Waals surface area contributed by atoms with Crippen LogP contribution in [-0.4, -0.2) is 15.9 Å². The summed E-state index contributed by atoms with van der Waals surface area (Å²) in [5.41, 5.74) is 9.88. The van der Waals surface area contributed by atoms with Gasteiger partial charge in [-0.15, -0.1) is 0 Å². The Kier molecular flexibility index (Phi) is 3.93. The fourth-order valence-electron chi connectivity index (χ4n) is 3.87. The fourth-order valence-corrected chi connectivity index (χ4v) is 3.87. The number of rotatable bonds is 3. The van der Waals surface area contributed by atoms with Crippen molar-refractivity contribution in [2.24, 2.45) is 5.73 Å². The van der Waals surface area contributed by atoms with Gasteiger partial charge in [-0.3, -0.25) is 20.3 Å². The van der Waals surface area contributed by atoms with Crippen LogP contribution in [-0.2, 0) is 5.79 Å². The van der Waals surface area contributed by atoms with E-state index in [9.17, 15) is 4.79 Å². The van der Waals surface area contributed by atoms with Crippen LogP contribution >= 0.6 is 0 Å². The average molecular weight is 381 g/mol. The third-order valence-corrected chi connectivity index (χ3v) is 5.16. The number of benzene rings is 3. The summed E-state index contributed by atoms with van der Waals surface area (Å²) in [4.78, 5) is 24.6. The summed E-state index contributed by atoms with van der Waals surface area (Å²) in [7, 11) is 0. The van der Waals surface area contributed by atoms with Crippen molar-refractivity contribution in [3.8, 4) is 0 Å². The zero-order valence-electron chi connectivity index (χ0n) is 15.6. The first-order valence-corrected chi connectivity index (χ1v) is 9.34. The van der Waals surface area contributed by atoms with Gasteiger partial charge in [0.25, 0.3) is 5.91 Å². The lowest BCUT2D eigenvalue weighted by atomic mass is 9.99. The number of carbonyl (C=O) groups excluding carboxylic acids is 1. The van der Waals surface area contributed by atoms with Crippen LogP contribution in [0.5, 0.6) is 0 Å². The maximum atomic E-state index is 13.6. The largest absolute Gasteiger partial charge is 0.339 e. The molecule has 2 heterocycles. The van der Waals surface area contributed by atoms with Gasteiger partial charge in [-0.1, -0.05) is 66.7 Å². The zero-order valence-corrected chi connectivity index (χ0v) is 15.6. The van der Waals surface area contributed by atoms with Crippen molar-refractivity contribution in [1.82, 2.24) is 9.97 Å². The number of aromatic amines is 1. The van der Waals surface area contributed by atoms with Gasteiger partial charge < -0.3 is 4.98 Å². The number of hydrogen-bond acceptors (Lipinski definition) is 4. The van der Waals surface area contributed by atoms with Crippen molar-refractivity contribution in [3.05, 3.63) is 109 Å².